The summed E-state index contributed by atoms with van der Waals surface area (Å²) in [6, 6.07) is 1.51. The molecular weight excluding hydrogens is 330 g/mol. The molecule has 1 aromatic carbocycles. The highest BCUT2D eigenvalue weighted by atomic mass is 19.1. The van der Waals surface area contributed by atoms with Gasteiger partial charge in [-0.2, -0.15) is 0 Å². The number of amides is 1. The Morgan fingerprint density at radius 1 is 1.36 bits per heavy atom. The summed E-state index contributed by atoms with van der Waals surface area (Å²) in [5, 5.41) is 9.00. The molecule has 1 saturated heterocycles. The summed E-state index contributed by atoms with van der Waals surface area (Å²) in [7, 11) is 2.01. The molecule has 0 unspecified atom stereocenters. The summed E-state index contributed by atoms with van der Waals surface area (Å²) in [6.07, 6.45) is 0.398. The fourth-order valence-corrected chi connectivity index (χ4v) is 3.33. The highest BCUT2D eigenvalue weighted by molar-refractivity contribution is 5.81. The van der Waals surface area contributed by atoms with Crippen molar-refractivity contribution >= 4 is 23.0 Å². The van der Waals surface area contributed by atoms with E-state index >= 15 is 0 Å². The standard InChI is InChI=1S/C17H22F2N4O2/c1-10-8-22(6-5-21(10)2)13-7-12(18)14(15(19)16(13)20)11-3-4-23(9-11)17(24)25/h3,7,10H,4-6,8-9,20H2,1-2H3,(H,24,25)/t10-/m0/s1. The molecule has 1 aromatic rings. The normalized spacial score (nSPS) is 21.6. The molecule has 0 radical (unpaired) electrons. The van der Waals surface area contributed by atoms with Gasteiger partial charge in [-0.3, -0.25) is 0 Å². The minimum atomic E-state index is -1.12. The van der Waals surface area contributed by atoms with Crippen molar-refractivity contribution < 1.29 is 18.7 Å². The van der Waals surface area contributed by atoms with Crippen LogP contribution in [0.25, 0.3) is 5.57 Å². The Balaban J connectivity index is 1.92. The minimum Gasteiger partial charge on any atom is -0.465 e. The monoisotopic (exact) mass is 352 g/mol. The second-order valence-corrected chi connectivity index (χ2v) is 6.65. The van der Waals surface area contributed by atoms with Crippen molar-refractivity contribution in [2.75, 3.05) is 50.4 Å². The van der Waals surface area contributed by atoms with E-state index in [4.69, 9.17) is 10.8 Å². The molecule has 3 rings (SSSR count). The van der Waals surface area contributed by atoms with Crippen LogP contribution in [0.1, 0.15) is 12.5 Å². The smallest absolute Gasteiger partial charge is 0.407 e. The molecular formula is C17H22F2N4O2. The van der Waals surface area contributed by atoms with Crippen LogP contribution in [0.5, 0.6) is 0 Å². The van der Waals surface area contributed by atoms with E-state index in [9.17, 15) is 13.6 Å². The van der Waals surface area contributed by atoms with Crippen molar-refractivity contribution in [1.29, 1.82) is 0 Å². The molecule has 1 fully saturated rings. The zero-order chi connectivity index (χ0) is 18.3. The molecule has 0 saturated carbocycles. The van der Waals surface area contributed by atoms with Gasteiger partial charge in [0.2, 0.25) is 0 Å². The first-order valence-electron chi connectivity index (χ1n) is 8.19. The van der Waals surface area contributed by atoms with Gasteiger partial charge in [0.1, 0.15) is 5.82 Å². The van der Waals surface area contributed by atoms with Gasteiger partial charge in [-0.25, -0.2) is 13.6 Å². The lowest BCUT2D eigenvalue weighted by Crippen LogP contribution is -2.50. The zero-order valence-electron chi connectivity index (χ0n) is 14.3. The number of anilines is 2. The van der Waals surface area contributed by atoms with E-state index in [1.165, 1.54) is 12.1 Å². The van der Waals surface area contributed by atoms with Crippen LogP contribution < -0.4 is 10.6 Å². The van der Waals surface area contributed by atoms with E-state index in [-0.39, 0.29) is 30.4 Å². The quantitative estimate of drug-likeness (QED) is 0.797. The summed E-state index contributed by atoms with van der Waals surface area (Å²) in [5.41, 5.74) is 6.31. The molecule has 1 amide bonds. The molecule has 0 aliphatic carbocycles. The molecule has 0 bridgehead atoms. The third-order valence-electron chi connectivity index (χ3n) is 5.05. The fraction of sp³-hybridized carbons (Fsp3) is 0.471. The molecule has 2 aliphatic heterocycles. The number of piperazine rings is 1. The molecule has 25 heavy (non-hydrogen) atoms. The van der Waals surface area contributed by atoms with Gasteiger partial charge >= 0.3 is 6.09 Å². The number of nitrogens with two attached hydrogens (primary N) is 1. The molecule has 136 valence electrons. The molecule has 2 aliphatic rings. The number of hydrogen-bond acceptors (Lipinski definition) is 4. The van der Waals surface area contributed by atoms with Crippen LogP contribution in [-0.2, 0) is 0 Å². The van der Waals surface area contributed by atoms with Crippen LogP contribution >= 0.6 is 0 Å². The Morgan fingerprint density at radius 2 is 2.08 bits per heavy atom. The highest BCUT2D eigenvalue weighted by Gasteiger charge is 2.29. The summed E-state index contributed by atoms with van der Waals surface area (Å²) in [6.45, 7) is 4.17. The fourth-order valence-electron chi connectivity index (χ4n) is 3.33. The Bertz CT molecular complexity index is 738. The molecule has 3 N–H and O–H groups in total. The Kier molecular flexibility index (Phi) is 4.55. The molecule has 2 heterocycles. The first-order chi connectivity index (χ1) is 11.8. The largest absolute Gasteiger partial charge is 0.465 e. The number of rotatable bonds is 2. The number of hydrogen-bond donors (Lipinski definition) is 2. The van der Waals surface area contributed by atoms with E-state index in [1.54, 1.807) is 0 Å². The molecule has 8 heteroatoms. The van der Waals surface area contributed by atoms with Crippen molar-refractivity contribution in [3.8, 4) is 0 Å². The number of carbonyl (C=O) groups is 1. The second-order valence-electron chi connectivity index (χ2n) is 6.65. The number of nitrogens with zero attached hydrogens (tertiary/aromatic N) is 3. The summed E-state index contributed by atoms with van der Waals surface area (Å²) in [4.78, 5) is 16.2. The first kappa shape index (κ1) is 17.5. The van der Waals surface area contributed by atoms with E-state index in [1.807, 2.05) is 18.9 Å². The van der Waals surface area contributed by atoms with Gasteiger partial charge in [-0.1, -0.05) is 6.08 Å². The van der Waals surface area contributed by atoms with Crippen LogP contribution in [-0.4, -0.2) is 66.8 Å². The average molecular weight is 352 g/mol. The maximum Gasteiger partial charge on any atom is 0.407 e. The lowest BCUT2D eigenvalue weighted by Gasteiger charge is -2.39. The van der Waals surface area contributed by atoms with Gasteiger partial charge in [0.05, 0.1) is 16.9 Å². The average Bonchev–Trinajstić information content (AvgIpc) is 3.03. The van der Waals surface area contributed by atoms with Crippen molar-refractivity contribution in [1.82, 2.24) is 9.80 Å². The highest BCUT2D eigenvalue weighted by Crippen LogP contribution is 2.36. The van der Waals surface area contributed by atoms with Gasteiger partial charge < -0.3 is 25.5 Å². The van der Waals surface area contributed by atoms with Gasteiger partial charge in [0, 0.05) is 44.8 Å². The van der Waals surface area contributed by atoms with E-state index in [0.29, 0.717) is 24.4 Å². The second kappa shape index (κ2) is 6.51. The number of halogens is 2. The number of benzene rings is 1. The topological polar surface area (TPSA) is 73.0 Å². The van der Waals surface area contributed by atoms with E-state index in [2.05, 4.69) is 4.90 Å². The molecule has 0 spiro atoms. The van der Waals surface area contributed by atoms with Crippen LogP contribution in [0, 0.1) is 11.6 Å². The summed E-state index contributed by atoms with van der Waals surface area (Å²) >= 11 is 0. The van der Waals surface area contributed by atoms with Crippen molar-refractivity contribution in [3.05, 3.63) is 29.3 Å². The maximum atomic E-state index is 14.8. The molecule has 6 nitrogen and oxygen atoms in total. The van der Waals surface area contributed by atoms with E-state index in [0.717, 1.165) is 11.4 Å². The van der Waals surface area contributed by atoms with Gasteiger partial charge in [0.25, 0.3) is 0 Å². The first-order valence-corrected chi connectivity index (χ1v) is 8.19. The predicted octanol–water partition coefficient (Wildman–Crippen LogP) is 2.06. The van der Waals surface area contributed by atoms with Crippen molar-refractivity contribution in [3.63, 3.8) is 0 Å². The van der Waals surface area contributed by atoms with Crippen LogP contribution in [0.4, 0.5) is 25.0 Å². The Labute approximate surface area is 145 Å². The third kappa shape index (κ3) is 3.13. The molecule has 1 atom stereocenters. The number of carboxylic acid groups (broad SMARTS) is 1. The Hall–Kier alpha value is -2.35. The lowest BCUT2D eigenvalue weighted by atomic mass is 10.0. The zero-order valence-corrected chi connectivity index (χ0v) is 14.3. The predicted molar refractivity (Wildman–Crippen MR) is 92.7 cm³/mol. The van der Waals surface area contributed by atoms with Crippen LogP contribution in [0.2, 0.25) is 0 Å². The van der Waals surface area contributed by atoms with E-state index < -0.39 is 17.7 Å². The SMILES string of the molecule is C[C@H]1CN(c2cc(F)c(C3=CCN(C(=O)O)C3)c(F)c2N)CCN1C. The van der Waals surface area contributed by atoms with Gasteiger partial charge in [-0.15, -0.1) is 0 Å². The summed E-state index contributed by atoms with van der Waals surface area (Å²) in [5.74, 6) is -1.54. The molecule has 0 aromatic heterocycles. The van der Waals surface area contributed by atoms with Crippen LogP contribution in [0.15, 0.2) is 12.1 Å². The minimum absolute atomic E-state index is 0.0481. The lowest BCUT2D eigenvalue weighted by molar-refractivity contribution is 0.158. The number of likely N-dealkylation sites (N-methyl/N-ethyl adjacent to an activating group) is 1. The van der Waals surface area contributed by atoms with Gasteiger partial charge in [-0.05, 0) is 19.5 Å². The Morgan fingerprint density at radius 3 is 2.68 bits per heavy atom. The maximum absolute atomic E-state index is 14.8. The third-order valence-corrected chi connectivity index (χ3v) is 5.05. The summed E-state index contributed by atoms with van der Waals surface area (Å²) < 4.78 is 29.5. The van der Waals surface area contributed by atoms with Crippen LogP contribution in [0.3, 0.4) is 0 Å². The van der Waals surface area contributed by atoms with Crippen molar-refractivity contribution in [2.24, 2.45) is 0 Å². The van der Waals surface area contributed by atoms with Crippen molar-refractivity contribution in [2.45, 2.75) is 13.0 Å². The van der Waals surface area contributed by atoms with Gasteiger partial charge in [0.15, 0.2) is 5.82 Å². The number of nitrogen functional groups attached to an aromatic ring is 1.